The van der Waals surface area contributed by atoms with Crippen LogP contribution in [0.4, 0.5) is 5.69 Å². The molecule has 1 unspecified atom stereocenters. The van der Waals surface area contributed by atoms with E-state index >= 15 is 0 Å². The number of hydrogen-bond donors (Lipinski definition) is 1. The van der Waals surface area contributed by atoms with Crippen LogP contribution in [0.3, 0.4) is 0 Å². The van der Waals surface area contributed by atoms with Gasteiger partial charge < -0.3 is 14.6 Å². The van der Waals surface area contributed by atoms with Crippen molar-refractivity contribution in [1.82, 2.24) is 5.32 Å². The fraction of sp³-hybridized carbons (Fsp3) is 0.417. The van der Waals surface area contributed by atoms with E-state index in [1.165, 1.54) is 0 Å². The minimum absolute atomic E-state index is 0.0609. The molecule has 0 spiro atoms. The number of fused-ring (bicyclic) bond motifs is 1. The summed E-state index contributed by atoms with van der Waals surface area (Å²) >= 11 is 12.5. The Kier molecular flexibility index (Phi) is 7.40. The fourth-order valence-electron chi connectivity index (χ4n) is 3.39. The number of rotatable bonds is 6. The van der Waals surface area contributed by atoms with Crippen molar-refractivity contribution >= 4 is 49.0 Å². The molecule has 2 aromatic rings. The summed E-state index contributed by atoms with van der Waals surface area (Å²) in [6.45, 7) is 11.6. The number of carbonyl (C=O) groups is 2. The number of carbonyl (C=O) groups excluding carboxylic acids is 2. The molecule has 1 atom stereocenters. The van der Waals surface area contributed by atoms with Gasteiger partial charge in [-0.25, -0.2) is 0 Å². The van der Waals surface area contributed by atoms with E-state index in [2.05, 4.69) is 39.2 Å². The second-order valence-corrected chi connectivity index (χ2v) is 15.2. The lowest BCUT2D eigenvalue weighted by molar-refractivity contribution is -0.120. The zero-order chi connectivity index (χ0) is 23.7. The zero-order valence-corrected chi connectivity index (χ0v) is 21.7. The van der Waals surface area contributed by atoms with Gasteiger partial charge in [0.15, 0.2) is 8.32 Å². The average molecular weight is 494 g/mol. The number of halogens is 2. The highest BCUT2D eigenvalue weighted by Gasteiger charge is 2.38. The van der Waals surface area contributed by atoms with Crippen LogP contribution in [0.25, 0.3) is 0 Å². The molecule has 1 heterocycles. The fourth-order valence-corrected chi connectivity index (χ4v) is 4.81. The average Bonchev–Trinajstić information content (AvgIpc) is 2.79. The molecular weight excluding hydrogens is 463 g/mol. The number of nitrogens with one attached hydrogen (secondary N) is 1. The summed E-state index contributed by atoms with van der Waals surface area (Å²) in [5.41, 5.74) is 1.71. The van der Waals surface area contributed by atoms with Crippen molar-refractivity contribution < 1.29 is 14.0 Å². The summed E-state index contributed by atoms with van der Waals surface area (Å²) in [5.74, 6) is -0.529. The molecule has 8 heteroatoms. The van der Waals surface area contributed by atoms with Crippen LogP contribution in [0.15, 0.2) is 42.5 Å². The molecule has 0 aliphatic carbocycles. The Morgan fingerprint density at radius 3 is 2.44 bits per heavy atom. The quantitative estimate of drug-likeness (QED) is 0.525. The minimum Gasteiger partial charge on any atom is -0.415 e. The van der Waals surface area contributed by atoms with E-state index in [4.69, 9.17) is 27.6 Å². The minimum atomic E-state index is -1.98. The van der Waals surface area contributed by atoms with E-state index in [1.54, 1.807) is 29.2 Å². The van der Waals surface area contributed by atoms with E-state index in [-0.39, 0.29) is 16.9 Å². The van der Waals surface area contributed by atoms with Crippen molar-refractivity contribution in [1.29, 1.82) is 0 Å². The molecule has 172 valence electrons. The van der Waals surface area contributed by atoms with Crippen molar-refractivity contribution in [3.8, 4) is 0 Å². The van der Waals surface area contributed by atoms with Crippen molar-refractivity contribution in [2.75, 3.05) is 18.1 Å². The summed E-state index contributed by atoms with van der Waals surface area (Å²) in [4.78, 5) is 28.2. The Morgan fingerprint density at radius 2 is 1.78 bits per heavy atom. The smallest absolute Gasteiger partial charge is 0.254 e. The second kappa shape index (κ2) is 9.55. The van der Waals surface area contributed by atoms with Crippen LogP contribution in [0.1, 0.15) is 36.7 Å². The largest absolute Gasteiger partial charge is 0.415 e. The van der Waals surface area contributed by atoms with Crippen LogP contribution in [0.5, 0.6) is 0 Å². The molecule has 2 amide bonds. The highest BCUT2D eigenvalue weighted by atomic mass is 35.5. The maximum atomic E-state index is 13.6. The summed E-state index contributed by atoms with van der Waals surface area (Å²) in [6.07, 6.45) is 0.297. The first-order chi connectivity index (χ1) is 14.9. The molecule has 1 aliphatic heterocycles. The zero-order valence-electron chi connectivity index (χ0n) is 19.2. The molecule has 32 heavy (non-hydrogen) atoms. The van der Waals surface area contributed by atoms with Crippen LogP contribution in [-0.4, -0.2) is 39.3 Å². The van der Waals surface area contributed by atoms with Crippen molar-refractivity contribution in [3.63, 3.8) is 0 Å². The topological polar surface area (TPSA) is 58.6 Å². The third-order valence-corrected chi connectivity index (χ3v) is 11.5. The molecule has 1 aliphatic rings. The Labute approximate surface area is 201 Å². The van der Waals surface area contributed by atoms with Crippen LogP contribution in [0, 0.1) is 0 Å². The standard InChI is InChI=1S/C24H30Cl2N2O3Si/c1-24(2,3)32(4,5)31-13-12-28-21-11-10-17(25)15-18(21)22(29)27-20(23(28)30)14-16-8-6-7-9-19(16)26/h6-11,15,20H,12-14H2,1-5H3,(H,27,29). The molecule has 0 aromatic heterocycles. The monoisotopic (exact) mass is 492 g/mol. The van der Waals surface area contributed by atoms with Gasteiger partial charge in [-0.05, 0) is 48.0 Å². The number of anilines is 1. The molecular formula is C24H30Cl2N2O3Si. The Hall–Kier alpha value is -1.86. The summed E-state index contributed by atoms with van der Waals surface area (Å²) in [6, 6.07) is 11.6. The molecule has 0 saturated carbocycles. The van der Waals surface area contributed by atoms with Crippen LogP contribution >= 0.6 is 23.2 Å². The predicted molar refractivity (Wildman–Crippen MR) is 133 cm³/mol. The highest BCUT2D eigenvalue weighted by Crippen LogP contribution is 2.36. The lowest BCUT2D eigenvalue weighted by atomic mass is 10.0. The van der Waals surface area contributed by atoms with E-state index in [0.29, 0.717) is 40.9 Å². The predicted octanol–water partition coefficient (Wildman–Crippen LogP) is 5.70. The molecule has 3 rings (SSSR count). The van der Waals surface area contributed by atoms with Gasteiger partial charge in [-0.1, -0.05) is 62.2 Å². The second-order valence-electron chi connectivity index (χ2n) is 9.58. The molecule has 0 bridgehead atoms. The Morgan fingerprint density at radius 1 is 1.09 bits per heavy atom. The van der Waals surface area contributed by atoms with Gasteiger partial charge in [-0.2, -0.15) is 0 Å². The Balaban J connectivity index is 1.90. The van der Waals surface area contributed by atoms with E-state index in [0.717, 1.165) is 5.56 Å². The molecule has 2 aromatic carbocycles. The molecule has 0 saturated heterocycles. The maximum Gasteiger partial charge on any atom is 0.254 e. The van der Waals surface area contributed by atoms with Crippen molar-refractivity contribution in [2.24, 2.45) is 0 Å². The maximum absolute atomic E-state index is 13.6. The van der Waals surface area contributed by atoms with Gasteiger partial charge in [0.2, 0.25) is 5.91 Å². The number of hydrogen-bond acceptors (Lipinski definition) is 3. The van der Waals surface area contributed by atoms with Gasteiger partial charge in [-0.3, -0.25) is 9.59 Å². The van der Waals surface area contributed by atoms with Gasteiger partial charge in [0, 0.05) is 23.0 Å². The molecule has 1 N–H and O–H groups in total. The third-order valence-electron chi connectivity index (χ3n) is 6.33. The normalized spacial score (nSPS) is 17.1. The van der Waals surface area contributed by atoms with Gasteiger partial charge in [0.1, 0.15) is 6.04 Å². The van der Waals surface area contributed by atoms with Gasteiger partial charge >= 0.3 is 0 Å². The molecule has 0 fully saturated rings. The van der Waals surface area contributed by atoms with Gasteiger partial charge in [0.05, 0.1) is 17.9 Å². The number of benzene rings is 2. The van der Waals surface area contributed by atoms with Crippen molar-refractivity contribution in [3.05, 3.63) is 63.6 Å². The van der Waals surface area contributed by atoms with E-state index in [9.17, 15) is 9.59 Å². The Bertz CT molecular complexity index is 1020. The molecule has 5 nitrogen and oxygen atoms in total. The van der Waals surface area contributed by atoms with Gasteiger partial charge in [-0.15, -0.1) is 0 Å². The number of amides is 2. The van der Waals surface area contributed by atoms with E-state index < -0.39 is 14.4 Å². The first-order valence-corrected chi connectivity index (χ1v) is 14.4. The molecule has 0 radical (unpaired) electrons. The summed E-state index contributed by atoms with van der Waals surface area (Å²) < 4.78 is 6.32. The van der Waals surface area contributed by atoms with Crippen LogP contribution < -0.4 is 10.2 Å². The first-order valence-electron chi connectivity index (χ1n) is 10.7. The third kappa shape index (κ3) is 5.37. The van der Waals surface area contributed by atoms with Crippen LogP contribution in [0.2, 0.25) is 28.2 Å². The summed E-state index contributed by atoms with van der Waals surface area (Å²) in [5, 5.41) is 3.93. The SMILES string of the molecule is CC(C)(C)[Si](C)(C)OCCN1C(=O)C(Cc2ccccc2Cl)NC(=O)c2cc(Cl)ccc21. The highest BCUT2D eigenvalue weighted by molar-refractivity contribution is 6.74. The number of nitrogens with zero attached hydrogens (tertiary/aromatic N) is 1. The summed E-state index contributed by atoms with van der Waals surface area (Å²) in [7, 11) is -1.98. The van der Waals surface area contributed by atoms with Crippen molar-refractivity contribution in [2.45, 2.75) is 51.4 Å². The lowest BCUT2D eigenvalue weighted by Gasteiger charge is -2.37. The van der Waals surface area contributed by atoms with Crippen LogP contribution in [-0.2, 0) is 15.6 Å². The first kappa shape index (κ1) is 24.8. The lowest BCUT2D eigenvalue weighted by Crippen LogP contribution is -2.49. The van der Waals surface area contributed by atoms with E-state index in [1.807, 2.05) is 18.2 Å². The van der Waals surface area contributed by atoms with Gasteiger partial charge in [0.25, 0.3) is 5.91 Å².